The average Bonchev–Trinajstić information content (AvgIpc) is 2.76. The van der Waals surface area contributed by atoms with E-state index < -0.39 is 0 Å². The van der Waals surface area contributed by atoms with Gasteiger partial charge in [0.1, 0.15) is 4.88 Å². The standard InChI is InChI=1S/C16H18N2O2S/c1-11-14(15(19)20-2)21-16(17-11)18-10-6-5-8-12-7-3-4-9-13(12)18/h3-4,7,9H,5-6,8,10H2,1-2H3. The van der Waals surface area contributed by atoms with Gasteiger partial charge in [0.2, 0.25) is 0 Å². The fourth-order valence-electron chi connectivity index (χ4n) is 2.67. The Morgan fingerprint density at radius 1 is 1.33 bits per heavy atom. The topological polar surface area (TPSA) is 42.4 Å². The SMILES string of the molecule is COC(=O)c1sc(N2CCCCc3ccccc32)nc1C. The molecule has 0 radical (unpaired) electrons. The zero-order valence-electron chi connectivity index (χ0n) is 12.3. The van der Waals surface area contributed by atoms with Crippen molar-refractivity contribution in [1.29, 1.82) is 0 Å². The first-order chi connectivity index (χ1) is 10.2. The zero-order chi connectivity index (χ0) is 14.8. The zero-order valence-corrected chi connectivity index (χ0v) is 13.1. The summed E-state index contributed by atoms with van der Waals surface area (Å²) in [7, 11) is 1.41. The molecule has 0 saturated carbocycles. The number of hydrogen-bond donors (Lipinski definition) is 0. The van der Waals surface area contributed by atoms with E-state index >= 15 is 0 Å². The number of para-hydroxylation sites is 1. The molecule has 5 heteroatoms. The van der Waals surface area contributed by atoms with Gasteiger partial charge in [-0.25, -0.2) is 9.78 Å². The minimum atomic E-state index is -0.306. The number of ether oxygens (including phenoxy) is 1. The Labute approximate surface area is 128 Å². The highest BCUT2D eigenvalue weighted by Gasteiger charge is 2.22. The third-order valence-corrected chi connectivity index (χ3v) is 4.91. The molecular weight excluding hydrogens is 284 g/mol. The number of benzene rings is 1. The van der Waals surface area contributed by atoms with E-state index in [1.807, 2.05) is 6.92 Å². The van der Waals surface area contributed by atoms with Gasteiger partial charge in [-0.05, 0) is 37.8 Å². The quantitative estimate of drug-likeness (QED) is 0.793. The van der Waals surface area contributed by atoms with E-state index in [4.69, 9.17) is 4.74 Å². The fourth-order valence-corrected chi connectivity index (χ4v) is 3.69. The molecule has 21 heavy (non-hydrogen) atoms. The first-order valence-electron chi connectivity index (χ1n) is 7.12. The van der Waals surface area contributed by atoms with Crippen LogP contribution < -0.4 is 4.90 Å². The molecule has 0 aliphatic carbocycles. The van der Waals surface area contributed by atoms with Crippen LogP contribution in [0.2, 0.25) is 0 Å². The first-order valence-corrected chi connectivity index (χ1v) is 7.93. The van der Waals surface area contributed by atoms with Gasteiger partial charge in [-0.2, -0.15) is 0 Å². The van der Waals surface area contributed by atoms with Crippen LogP contribution in [-0.4, -0.2) is 24.6 Å². The molecule has 0 bridgehead atoms. The molecule has 0 saturated heterocycles. The Morgan fingerprint density at radius 3 is 2.95 bits per heavy atom. The van der Waals surface area contributed by atoms with Crippen molar-refractivity contribution in [3.63, 3.8) is 0 Å². The predicted octanol–water partition coefficient (Wildman–Crippen LogP) is 3.71. The lowest BCUT2D eigenvalue weighted by Crippen LogP contribution is -2.17. The van der Waals surface area contributed by atoms with Crippen LogP contribution in [0.3, 0.4) is 0 Å². The molecule has 2 aromatic rings. The molecule has 3 rings (SSSR count). The van der Waals surface area contributed by atoms with E-state index in [9.17, 15) is 4.79 Å². The number of anilines is 2. The summed E-state index contributed by atoms with van der Waals surface area (Å²) in [4.78, 5) is 19.2. The third kappa shape index (κ3) is 2.65. The van der Waals surface area contributed by atoms with Crippen LogP contribution in [0.5, 0.6) is 0 Å². The van der Waals surface area contributed by atoms with Crippen LogP contribution >= 0.6 is 11.3 Å². The van der Waals surface area contributed by atoms with Crippen LogP contribution in [0.15, 0.2) is 24.3 Å². The molecule has 1 aliphatic heterocycles. The van der Waals surface area contributed by atoms with Crippen molar-refractivity contribution in [2.75, 3.05) is 18.6 Å². The Hall–Kier alpha value is -1.88. The molecule has 0 amide bonds. The number of aryl methyl sites for hydroxylation is 2. The van der Waals surface area contributed by atoms with E-state index in [2.05, 4.69) is 34.1 Å². The summed E-state index contributed by atoms with van der Waals surface area (Å²) in [5, 5.41) is 0.877. The van der Waals surface area contributed by atoms with Gasteiger partial charge < -0.3 is 9.64 Å². The largest absolute Gasteiger partial charge is 0.465 e. The summed E-state index contributed by atoms with van der Waals surface area (Å²) in [6.07, 6.45) is 3.41. The van der Waals surface area contributed by atoms with E-state index in [0.717, 1.165) is 30.2 Å². The monoisotopic (exact) mass is 302 g/mol. The lowest BCUT2D eigenvalue weighted by molar-refractivity contribution is 0.0605. The maximum atomic E-state index is 11.8. The van der Waals surface area contributed by atoms with Crippen molar-refractivity contribution < 1.29 is 9.53 Å². The maximum Gasteiger partial charge on any atom is 0.350 e. The number of rotatable bonds is 2. The van der Waals surface area contributed by atoms with Crippen LogP contribution in [0.4, 0.5) is 10.8 Å². The minimum Gasteiger partial charge on any atom is -0.465 e. The van der Waals surface area contributed by atoms with Gasteiger partial charge >= 0.3 is 5.97 Å². The van der Waals surface area contributed by atoms with Crippen molar-refractivity contribution in [3.05, 3.63) is 40.4 Å². The van der Waals surface area contributed by atoms with E-state index in [1.54, 1.807) is 0 Å². The molecule has 4 nitrogen and oxygen atoms in total. The normalized spacial score (nSPS) is 14.5. The van der Waals surface area contributed by atoms with Crippen LogP contribution in [0.25, 0.3) is 0 Å². The van der Waals surface area contributed by atoms with Gasteiger partial charge in [0.25, 0.3) is 0 Å². The van der Waals surface area contributed by atoms with Crippen molar-refractivity contribution >= 4 is 28.1 Å². The molecular formula is C16H18N2O2S. The highest BCUT2D eigenvalue weighted by atomic mass is 32.1. The Morgan fingerprint density at radius 2 is 2.14 bits per heavy atom. The van der Waals surface area contributed by atoms with Crippen LogP contribution in [0.1, 0.15) is 33.8 Å². The molecule has 0 fully saturated rings. The predicted molar refractivity (Wildman–Crippen MR) is 84.6 cm³/mol. The van der Waals surface area contributed by atoms with E-state index in [-0.39, 0.29) is 5.97 Å². The number of carbonyl (C=O) groups is 1. The average molecular weight is 302 g/mol. The number of esters is 1. The van der Waals surface area contributed by atoms with Gasteiger partial charge in [0.15, 0.2) is 5.13 Å². The van der Waals surface area contributed by atoms with Gasteiger partial charge in [-0.3, -0.25) is 0 Å². The van der Waals surface area contributed by atoms with Crippen LogP contribution in [-0.2, 0) is 11.2 Å². The number of aromatic nitrogens is 1. The maximum absolute atomic E-state index is 11.8. The Balaban J connectivity index is 2.02. The molecule has 2 heterocycles. The molecule has 0 atom stereocenters. The summed E-state index contributed by atoms with van der Waals surface area (Å²) in [5.74, 6) is -0.306. The molecule has 1 aromatic heterocycles. The van der Waals surface area contributed by atoms with Gasteiger partial charge in [-0.1, -0.05) is 29.5 Å². The second-order valence-electron chi connectivity index (χ2n) is 5.14. The lowest BCUT2D eigenvalue weighted by atomic mass is 10.1. The summed E-state index contributed by atoms with van der Waals surface area (Å²) < 4.78 is 4.82. The van der Waals surface area contributed by atoms with Crippen molar-refractivity contribution in [2.45, 2.75) is 26.2 Å². The number of methoxy groups -OCH3 is 1. The second kappa shape index (κ2) is 5.85. The molecule has 110 valence electrons. The summed E-state index contributed by atoms with van der Waals surface area (Å²) in [6.45, 7) is 2.79. The van der Waals surface area contributed by atoms with Crippen LogP contribution in [0, 0.1) is 6.92 Å². The number of nitrogens with zero attached hydrogens (tertiary/aromatic N) is 2. The summed E-state index contributed by atoms with van der Waals surface area (Å²) in [6, 6.07) is 8.44. The molecule has 0 spiro atoms. The molecule has 0 unspecified atom stereocenters. The number of fused-ring (bicyclic) bond motifs is 1. The summed E-state index contributed by atoms with van der Waals surface area (Å²) >= 11 is 1.41. The molecule has 1 aliphatic rings. The Kier molecular flexibility index (Phi) is 3.92. The smallest absolute Gasteiger partial charge is 0.350 e. The van der Waals surface area contributed by atoms with Crippen molar-refractivity contribution in [1.82, 2.24) is 4.98 Å². The fraction of sp³-hybridized carbons (Fsp3) is 0.375. The highest BCUT2D eigenvalue weighted by molar-refractivity contribution is 7.17. The van der Waals surface area contributed by atoms with Crippen molar-refractivity contribution in [3.8, 4) is 0 Å². The molecule has 0 N–H and O–H groups in total. The van der Waals surface area contributed by atoms with E-state index in [1.165, 1.54) is 36.1 Å². The second-order valence-corrected chi connectivity index (χ2v) is 6.12. The van der Waals surface area contributed by atoms with Crippen molar-refractivity contribution in [2.24, 2.45) is 0 Å². The van der Waals surface area contributed by atoms with E-state index in [0.29, 0.717) is 4.88 Å². The molecule has 1 aromatic carbocycles. The Bertz CT molecular complexity index is 666. The number of carbonyl (C=O) groups excluding carboxylic acids is 1. The highest BCUT2D eigenvalue weighted by Crippen LogP contribution is 2.36. The summed E-state index contributed by atoms with van der Waals surface area (Å²) in [5.41, 5.74) is 3.30. The number of hydrogen-bond acceptors (Lipinski definition) is 5. The van der Waals surface area contributed by atoms with Gasteiger partial charge in [0.05, 0.1) is 12.8 Å². The third-order valence-electron chi connectivity index (χ3n) is 3.75. The number of thiazole rings is 1. The van der Waals surface area contributed by atoms with Gasteiger partial charge in [-0.15, -0.1) is 0 Å². The first kappa shape index (κ1) is 14.1. The minimum absolute atomic E-state index is 0.306. The van der Waals surface area contributed by atoms with Gasteiger partial charge in [0, 0.05) is 12.2 Å². The lowest BCUT2D eigenvalue weighted by Gasteiger charge is -2.21.